The van der Waals surface area contributed by atoms with Crippen LogP contribution in [0.1, 0.15) is 65.7 Å². The molecule has 0 heterocycles. The first-order valence-electron chi connectivity index (χ1n) is 10.9. The lowest BCUT2D eigenvalue weighted by atomic mass is 9.48. The standard InChI is InChI=1S/C22H29F3O5S/c1-13(26)29-15-8-10-20(2)14(12-15)4-5-16-17-6-7-19(21(17,3)11-9-18(16)20)30-31(27,28)22(23,24)25/h4,7,15-18H,5-6,8-12H2,1-3H3/t15-,16-,17-,18-,20-,21-/m1/s1. The van der Waals surface area contributed by atoms with Gasteiger partial charge in [0.15, 0.2) is 0 Å². The van der Waals surface area contributed by atoms with Crippen molar-refractivity contribution in [1.29, 1.82) is 0 Å². The summed E-state index contributed by atoms with van der Waals surface area (Å²) in [6.45, 7) is 5.53. The molecule has 6 atom stereocenters. The Morgan fingerprint density at radius 3 is 2.39 bits per heavy atom. The van der Waals surface area contributed by atoms with Gasteiger partial charge < -0.3 is 8.92 Å². The van der Waals surface area contributed by atoms with E-state index in [9.17, 15) is 26.4 Å². The number of ether oxygens (including phenoxy) is 1. The number of alkyl halides is 3. The van der Waals surface area contributed by atoms with Gasteiger partial charge in [-0.25, -0.2) is 0 Å². The number of hydrogen-bond acceptors (Lipinski definition) is 5. The zero-order valence-corrected chi connectivity index (χ0v) is 18.8. The molecule has 0 amide bonds. The van der Waals surface area contributed by atoms with Gasteiger partial charge in [0.25, 0.3) is 0 Å². The molecule has 0 N–H and O–H groups in total. The Morgan fingerprint density at radius 1 is 1.06 bits per heavy atom. The predicted molar refractivity (Wildman–Crippen MR) is 107 cm³/mol. The summed E-state index contributed by atoms with van der Waals surface area (Å²) in [5, 5.41) is 0. The fourth-order valence-electron chi connectivity index (χ4n) is 6.79. The Kier molecular flexibility index (Phi) is 5.30. The lowest BCUT2D eigenvalue weighted by Gasteiger charge is -2.57. The highest BCUT2D eigenvalue weighted by Crippen LogP contribution is 2.65. The van der Waals surface area contributed by atoms with E-state index in [1.54, 1.807) is 6.08 Å². The Morgan fingerprint density at radius 2 is 1.74 bits per heavy atom. The van der Waals surface area contributed by atoms with Crippen molar-refractivity contribution in [1.82, 2.24) is 0 Å². The monoisotopic (exact) mass is 462 g/mol. The third kappa shape index (κ3) is 3.60. The van der Waals surface area contributed by atoms with Crippen LogP contribution in [-0.2, 0) is 23.8 Å². The number of allylic oxidation sites excluding steroid dienone is 3. The summed E-state index contributed by atoms with van der Waals surface area (Å²) in [5.41, 5.74) is -4.86. The van der Waals surface area contributed by atoms with Crippen molar-refractivity contribution in [2.75, 3.05) is 0 Å². The van der Waals surface area contributed by atoms with Crippen molar-refractivity contribution < 1.29 is 35.3 Å². The second-order valence-electron chi connectivity index (χ2n) is 9.98. The number of halogens is 3. The first-order chi connectivity index (χ1) is 14.3. The summed E-state index contributed by atoms with van der Waals surface area (Å²) in [6, 6.07) is 0. The predicted octanol–water partition coefficient (Wildman–Crippen LogP) is 5.24. The minimum absolute atomic E-state index is 0.0252. The summed E-state index contributed by atoms with van der Waals surface area (Å²) in [4.78, 5) is 11.4. The molecule has 9 heteroatoms. The van der Waals surface area contributed by atoms with Crippen LogP contribution >= 0.6 is 0 Å². The maximum absolute atomic E-state index is 12.9. The van der Waals surface area contributed by atoms with E-state index in [1.807, 2.05) is 6.92 Å². The fourth-order valence-corrected chi connectivity index (χ4v) is 7.37. The Hall–Kier alpha value is -1.51. The van der Waals surface area contributed by atoms with Gasteiger partial charge in [0.1, 0.15) is 11.9 Å². The van der Waals surface area contributed by atoms with E-state index in [2.05, 4.69) is 17.2 Å². The molecule has 0 bridgehead atoms. The molecule has 4 aliphatic carbocycles. The SMILES string of the molecule is CC(=O)O[C@@H]1CC[C@]2(C)C(=CC[C@@H]3[C@H]4CC=C(OS(=O)(=O)C(F)(F)F)[C@]4(C)CC[C@H]32)C1. The van der Waals surface area contributed by atoms with Crippen LogP contribution in [0.5, 0.6) is 0 Å². The minimum atomic E-state index is -5.67. The molecular formula is C22H29F3O5S. The van der Waals surface area contributed by atoms with E-state index in [0.29, 0.717) is 18.8 Å². The second kappa shape index (κ2) is 7.25. The average Bonchev–Trinajstić information content (AvgIpc) is 2.96. The number of fused-ring (bicyclic) bond motifs is 5. The average molecular weight is 463 g/mol. The van der Waals surface area contributed by atoms with E-state index in [4.69, 9.17) is 4.74 Å². The molecular weight excluding hydrogens is 433 g/mol. The summed E-state index contributed by atoms with van der Waals surface area (Å²) in [7, 11) is -5.67. The van der Waals surface area contributed by atoms with Crippen LogP contribution in [0.2, 0.25) is 0 Å². The summed E-state index contributed by atoms with van der Waals surface area (Å²) in [5.74, 6) is 0.353. The molecule has 31 heavy (non-hydrogen) atoms. The van der Waals surface area contributed by atoms with Crippen LogP contribution in [0, 0.1) is 28.6 Å². The van der Waals surface area contributed by atoms with Crippen LogP contribution in [-0.4, -0.2) is 26.0 Å². The Labute approximate surface area is 181 Å². The number of hydrogen-bond donors (Lipinski definition) is 0. The van der Waals surface area contributed by atoms with Gasteiger partial charge in [-0.1, -0.05) is 25.5 Å². The third-order valence-corrected chi connectivity index (χ3v) is 9.35. The molecule has 4 aliphatic rings. The number of carbonyl (C=O) groups is 1. The normalized spacial score (nSPS) is 40.1. The molecule has 0 aliphatic heterocycles. The molecule has 4 rings (SSSR count). The van der Waals surface area contributed by atoms with Crippen LogP contribution in [0.15, 0.2) is 23.5 Å². The molecule has 0 aromatic rings. The maximum Gasteiger partial charge on any atom is 0.534 e. The summed E-state index contributed by atoms with van der Waals surface area (Å²) < 4.78 is 71.9. The van der Waals surface area contributed by atoms with Crippen molar-refractivity contribution in [3.05, 3.63) is 23.5 Å². The van der Waals surface area contributed by atoms with Crippen molar-refractivity contribution >= 4 is 16.1 Å². The minimum Gasteiger partial charge on any atom is -0.462 e. The fraction of sp³-hybridized carbons (Fsp3) is 0.773. The van der Waals surface area contributed by atoms with Gasteiger partial charge in [-0.15, -0.1) is 0 Å². The van der Waals surface area contributed by atoms with E-state index in [1.165, 1.54) is 12.5 Å². The van der Waals surface area contributed by atoms with E-state index >= 15 is 0 Å². The quantitative estimate of drug-likeness (QED) is 0.248. The molecule has 174 valence electrons. The number of esters is 1. The third-order valence-electron chi connectivity index (χ3n) is 8.38. The largest absolute Gasteiger partial charge is 0.534 e. The Balaban J connectivity index is 1.55. The van der Waals surface area contributed by atoms with Gasteiger partial charge in [-0.05, 0) is 67.8 Å². The molecule has 0 spiro atoms. The van der Waals surface area contributed by atoms with E-state index < -0.39 is 21.0 Å². The van der Waals surface area contributed by atoms with Crippen molar-refractivity contribution in [2.24, 2.45) is 28.6 Å². The molecule has 0 radical (unpaired) electrons. The molecule has 2 saturated carbocycles. The van der Waals surface area contributed by atoms with Crippen LogP contribution in [0.25, 0.3) is 0 Å². The maximum atomic E-state index is 12.9. The highest BCUT2D eigenvalue weighted by atomic mass is 32.2. The van der Waals surface area contributed by atoms with Crippen molar-refractivity contribution in [3.8, 4) is 0 Å². The van der Waals surface area contributed by atoms with Crippen molar-refractivity contribution in [2.45, 2.75) is 77.3 Å². The highest BCUT2D eigenvalue weighted by molar-refractivity contribution is 7.87. The first kappa shape index (κ1) is 22.7. The highest BCUT2D eigenvalue weighted by Gasteiger charge is 2.59. The van der Waals surface area contributed by atoms with E-state index in [0.717, 1.165) is 32.1 Å². The van der Waals surface area contributed by atoms with Gasteiger partial charge in [-0.2, -0.15) is 21.6 Å². The number of rotatable bonds is 3. The molecule has 0 aromatic heterocycles. The molecule has 2 fully saturated rings. The zero-order valence-electron chi connectivity index (χ0n) is 18.0. The molecule has 0 unspecified atom stereocenters. The van der Waals surface area contributed by atoms with Crippen molar-refractivity contribution in [3.63, 3.8) is 0 Å². The topological polar surface area (TPSA) is 69.7 Å². The molecule has 0 saturated heterocycles. The summed E-state index contributed by atoms with van der Waals surface area (Å²) in [6.07, 6.45) is 8.84. The van der Waals surface area contributed by atoms with Gasteiger partial charge in [-0.3, -0.25) is 4.79 Å². The summed E-state index contributed by atoms with van der Waals surface area (Å²) >= 11 is 0. The molecule has 0 aromatic carbocycles. The van der Waals surface area contributed by atoms with Gasteiger partial charge >= 0.3 is 21.6 Å². The molecule has 5 nitrogen and oxygen atoms in total. The number of carbonyl (C=O) groups excluding carboxylic acids is 1. The second-order valence-corrected chi connectivity index (χ2v) is 11.5. The van der Waals surface area contributed by atoms with Crippen LogP contribution in [0.3, 0.4) is 0 Å². The van der Waals surface area contributed by atoms with E-state index in [-0.39, 0.29) is 35.1 Å². The van der Waals surface area contributed by atoms with Crippen LogP contribution in [0.4, 0.5) is 13.2 Å². The van der Waals surface area contributed by atoms with Crippen LogP contribution < -0.4 is 0 Å². The van der Waals surface area contributed by atoms with Gasteiger partial charge in [0, 0.05) is 18.8 Å². The Bertz CT molecular complexity index is 937. The lowest BCUT2D eigenvalue weighted by Crippen LogP contribution is -2.50. The smallest absolute Gasteiger partial charge is 0.462 e. The lowest BCUT2D eigenvalue weighted by molar-refractivity contribution is -0.148. The first-order valence-corrected chi connectivity index (χ1v) is 12.3. The van der Waals surface area contributed by atoms with Gasteiger partial charge in [0.05, 0.1) is 0 Å². The zero-order chi connectivity index (χ0) is 22.8. The van der Waals surface area contributed by atoms with Gasteiger partial charge in [0.2, 0.25) is 0 Å².